The van der Waals surface area contributed by atoms with E-state index in [4.69, 9.17) is 0 Å². The van der Waals surface area contributed by atoms with Gasteiger partial charge in [-0.25, -0.2) is 9.50 Å². The molecule has 0 unspecified atom stereocenters. The lowest BCUT2D eigenvalue weighted by molar-refractivity contribution is 0.853. The first-order valence-corrected chi connectivity index (χ1v) is 3.44. The minimum Gasteiger partial charge on any atom is -0.261 e. The molecule has 12 heavy (non-hydrogen) atoms. The van der Waals surface area contributed by atoms with Crippen molar-refractivity contribution in [3.8, 4) is 0 Å². The maximum Gasteiger partial charge on any atom is 0.177 e. The third kappa shape index (κ3) is 0.584. The Morgan fingerprint density at radius 1 is 1.33 bits per heavy atom. The first kappa shape index (κ1) is 5.64. The van der Waals surface area contributed by atoms with E-state index in [9.17, 15) is 0 Å². The lowest BCUT2D eigenvalue weighted by Gasteiger charge is -1.89. The summed E-state index contributed by atoms with van der Waals surface area (Å²) in [7, 11) is 0. The molecule has 3 aromatic rings. The number of rotatable bonds is 0. The molecule has 0 saturated heterocycles. The molecule has 0 atom stereocenters. The van der Waals surface area contributed by atoms with Crippen molar-refractivity contribution in [2.24, 2.45) is 0 Å². The summed E-state index contributed by atoms with van der Waals surface area (Å²) in [6, 6.07) is 0. The molecule has 0 aliphatic carbocycles. The predicted octanol–water partition coefficient (Wildman–Crippen LogP) is 0.000600. The van der Waals surface area contributed by atoms with Gasteiger partial charge in [0.1, 0.15) is 0 Å². The van der Waals surface area contributed by atoms with Gasteiger partial charge >= 0.3 is 0 Å². The topological polar surface area (TPSA) is 71.8 Å². The largest absolute Gasteiger partial charge is 0.261 e. The molecule has 0 aliphatic rings. The van der Waals surface area contributed by atoms with Crippen LogP contribution in [0.1, 0.15) is 0 Å². The summed E-state index contributed by atoms with van der Waals surface area (Å²) in [5.74, 6) is 0. The van der Waals surface area contributed by atoms with Crippen LogP contribution in [-0.4, -0.2) is 30.0 Å². The van der Waals surface area contributed by atoms with Crippen LogP contribution in [0.25, 0.3) is 16.7 Å². The standard InChI is InChI=1S/C6H4N6/c1-4-3-12-5(2-8-11-12)9-6(4)10-7-1/h1-3H,(H,9,10). The van der Waals surface area contributed by atoms with Crippen molar-refractivity contribution in [3.05, 3.63) is 18.6 Å². The average molecular weight is 160 g/mol. The highest BCUT2D eigenvalue weighted by molar-refractivity contribution is 5.74. The Balaban J connectivity index is 2.62. The van der Waals surface area contributed by atoms with Gasteiger partial charge in [0.2, 0.25) is 0 Å². The Labute approximate surface area is 66.2 Å². The van der Waals surface area contributed by atoms with Crippen molar-refractivity contribution in [2.75, 3.05) is 0 Å². The van der Waals surface area contributed by atoms with Gasteiger partial charge in [-0.05, 0) is 0 Å². The van der Waals surface area contributed by atoms with Crippen LogP contribution in [0, 0.1) is 0 Å². The van der Waals surface area contributed by atoms with Crippen molar-refractivity contribution in [3.63, 3.8) is 0 Å². The number of aromatic amines is 1. The van der Waals surface area contributed by atoms with Crippen LogP contribution >= 0.6 is 0 Å². The summed E-state index contributed by atoms with van der Waals surface area (Å²) in [4.78, 5) is 4.22. The van der Waals surface area contributed by atoms with E-state index in [1.165, 1.54) is 0 Å². The van der Waals surface area contributed by atoms with Crippen molar-refractivity contribution in [1.82, 2.24) is 30.0 Å². The van der Waals surface area contributed by atoms with E-state index in [2.05, 4.69) is 25.5 Å². The molecule has 0 aliphatic heterocycles. The fourth-order valence-electron chi connectivity index (χ4n) is 1.13. The number of aromatic nitrogens is 6. The fourth-order valence-corrected chi connectivity index (χ4v) is 1.13. The van der Waals surface area contributed by atoms with Gasteiger partial charge in [-0.15, -0.1) is 5.10 Å². The van der Waals surface area contributed by atoms with Crippen LogP contribution in [0.2, 0.25) is 0 Å². The highest BCUT2D eigenvalue weighted by Crippen LogP contribution is 2.07. The number of hydrogen-bond acceptors (Lipinski definition) is 4. The smallest absolute Gasteiger partial charge is 0.177 e. The first-order chi connectivity index (χ1) is 5.93. The third-order valence-electron chi connectivity index (χ3n) is 1.69. The lowest BCUT2D eigenvalue weighted by Crippen LogP contribution is -1.89. The van der Waals surface area contributed by atoms with E-state index in [1.54, 1.807) is 16.9 Å². The Bertz CT molecular complexity index is 444. The summed E-state index contributed by atoms with van der Waals surface area (Å²) >= 11 is 0. The second kappa shape index (κ2) is 1.79. The maximum atomic E-state index is 4.22. The number of H-pyrrole nitrogens is 1. The number of nitrogens with one attached hydrogen (secondary N) is 1. The summed E-state index contributed by atoms with van der Waals surface area (Å²) in [6.45, 7) is 0. The molecule has 3 rings (SSSR count). The minimum absolute atomic E-state index is 0.715. The van der Waals surface area contributed by atoms with Crippen LogP contribution in [0.4, 0.5) is 0 Å². The summed E-state index contributed by atoms with van der Waals surface area (Å²) in [5.41, 5.74) is 1.47. The lowest BCUT2D eigenvalue weighted by atomic mass is 10.4. The van der Waals surface area contributed by atoms with Crippen molar-refractivity contribution >= 4 is 16.7 Å². The highest BCUT2D eigenvalue weighted by atomic mass is 15.4. The van der Waals surface area contributed by atoms with Crippen molar-refractivity contribution < 1.29 is 0 Å². The van der Waals surface area contributed by atoms with E-state index >= 15 is 0 Å². The SMILES string of the molecule is c1n[nH]c2nc3cnnn3cc12. The second-order valence-corrected chi connectivity index (χ2v) is 2.45. The fraction of sp³-hybridized carbons (Fsp3) is 0. The maximum absolute atomic E-state index is 4.22. The van der Waals surface area contributed by atoms with Crippen LogP contribution in [0.3, 0.4) is 0 Å². The minimum atomic E-state index is 0.715. The zero-order valence-corrected chi connectivity index (χ0v) is 5.97. The summed E-state index contributed by atoms with van der Waals surface area (Å²) in [6.07, 6.45) is 5.12. The van der Waals surface area contributed by atoms with Gasteiger partial charge < -0.3 is 0 Å². The Morgan fingerprint density at radius 3 is 3.33 bits per heavy atom. The molecular weight excluding hydrogens is 156 g/mol. The molecular formula is C6H4N6. The van der Waals surface area contributed by atoms with Crippen LogP contribution in [-0.2, 0) is 0 Å². The average Bonchev–Trinajstić information content (AvgIpc) is 2.64. The van der Waals surface area contributed by atoms with E-state index in [1.807, 2.05) is 6.20 Å². The summed E-state index contributed by atoms with van der Waals surface area (Å²) < 4.78 is 1.61. The molecule has 0 aromatic carbocycles. The van der Waals surface area contributed by atoms with E-state index in [0.29, 0.717) is 5.65 Å². The Kier molecular flexibility index (Phi) is 0.840. The third-order valence-corrected chi connectivity index (χ3v) is 1.69. The Morgan fingerprint density at radius 2 is 2.33 bits per heavy atom. The van der Waals surface area contributed by atoms with Crippen LogP contribution in [0.15, 0.2) is 18.6 Å². The number of nitrogens with zero attached hydrogens (tertiary/aromatic N) is 5. The Hall–Kier alpha value is -1.98. The van der Waals surface area contributed by atoms with Crippen molar-refractivity contribution in [1.29, 1.82) is 0 Å². The molecule has 3 aromatic heterocycles. The zero-order valence-electron chi connectivity index (χ0n) is 5.97. The van der Waals surface area contributed by atoms with Gasteiger partial charge in [0.05, 0.1) is 17.8 Å². The number of hydrogen-bond donors (Lipinski definition) is 1. The zero-order chi connectivity index (χ0) is 7.97. The monoisotopic (exact) mass is 160 g/mol. The molecule has 3 heterocycles. The van der Waals surface area contributed by atoms with E-state index < -0.39 is 0 Å². The van der Waals surface area contributed by atoms with Crippen LogP contribution < -0.4 is 0 Å². The molecule has 6 nitrogen and oxygen atoms in total. The molecule has 0 fully saturated rings. The normalized spacial score (nSPS) is 11.3. The second-order valence-electron chi connectivity index (χ2n) is 2.45. The van der Waals surface area contributed by atoms with E-state index in [-0.39, 0.29) is 0 Å². The number of fused-ring (bicyclic) bond motifs is 2. The van der Waals surface area contributed by atoms with E-state index in [0.717, 1.165) is 11.0 Å². The summed E-state index contributed by atoms with van der Waals surface area (Å²) in [5, 5.41) is 15.1. The van der Waals surface area contributed by atoms with Crippen molar-refractivity contribution in [2.45, 2.75) is 0 Å². The molecule has 0 bridgehead atoms. The molecule has 1 N–H and O–H groups in total. The van der Waals surface area contributed by atoms with Gasteiger partial charge in [-0.1, -0.05) is 5.21 Å². The highest BCUT2D eigenvalue weighted by Gasteiger charge is 2.00. The van der Waals surface area contributed by atoms with Gasteiger partial charge in [0.15, 0.2) is 11.3 Å². The van der Waals surface area contributed by atoms with Gasteiger partial charge in [-0.2, -0.15) is 5.10 Å². The van der Waals surface area contributed by atoms with Gasteiger partial charge in [0, 0.05) is 6.20 Å². The molecule has 58 valence electrons. The predicted molar refractivity (Wildman–Crippen MR) is 40.4 cm³/mol. The molecule has 0 amide bonds. The molecule has 6 heteroatoms. The van der Waals surface area contributed by atoms with Gasteiger partial charge in [-0.3, -0.25) is 5.10 Å². The molecule has 0 spiro atoms. The van der Waals surface area contributed by atoms with Crippen LogP contribution in [0.5, 0.6) is 0 Å². The molecule has 0 saturated carbocycles. The molecule has 0 radical (unpaired) electrons. The quantitative estimate of drug-likeness (QED) is 0.502. The van der Waals surface area contributed by atoms with Gasteiger partial charge in [0.25, 0.3) is 0 Å². The first-order valence-electron chi connectivity index (χ1n) is 3.44.